The number of carbonyl (C=O) groups is 3. The van der Waals surface area contributed by atoms with E-state index in [9.17, 15) is 14.4 Å². The van der Waals surface area contributed by atoms with Gasteiger partial charge in [-0.25, -0.2) is 4.79 Å². The van der Waals surface area contributed by atoms with Crippen molar-refractivity contribution in [2.24, 2.45) is 0 Å². The number of unbranched alkanes of at least 4 members (excludes halogenated alkanes) is 1. The van der Waals surface area contributed by atoms with Gasteiger partial charge in [0, 0.05) is 23.4 Å². The van der Waals surface area contributed by atoms with E-state index in [-0.39, 0.29) is 11.0 Å². The van der Waals surface area contributed by atoms with Crippen LogP contribution < -0.4 is 16.0 Å². The van der Waals surface area contributed by atoms with Crippen LogP contribution in [0.5, 0.6) is 0 Å². The summed E-state index contributed by atoms with van der Waals surface area (Å²) >= 11 is 5.18. The van der Waals surface area contributed by atoms with Crippen LogP contribution in [0.2, 0.25) is 0 Å². The monoisotopic (exact) mass is 413 g/mol. The second-order valence-electron chi connectivity index (χ2n) is 6.17. The highest BCUT2D eigenvalue weighted by molar-refractivity contribution is 7.80. The molecule has 152 valence electrons. The number of methoxy groups -OCH3 is 1. The number of benzene rings is 2. The maximum absolute atomic E-state index is 12.3. The number of ether oxygens (including phenoxy) is 1. The molecular formula is C21H23N3O4S. The van der Waals surface area contributed by atoms with Crippen LogP contribution in [0.25, 0.3) is 0 Å². The van der Waals surface area contributed by atoms with Crippen molar-refractivity contribution >= 4 is 40.8 Å². The quantitative estimate of drug-likeness (QED) is 0.367. The molecule has 0 radical (unpaired) electrons. The van der Waals surface area contributed by atoms with Gasteiger partial charge in [0.05, 0.1) is 12.7 Å². The van der Waals surface area contributed by atoms with E-state index in [1.165, 1.54) is 31.4 Å². The van der Waals surface area contributed by atoms with Crippen LogP contribution in [0, 0.1) is 0 Å². The van der Waals surface area contributed by atoms with Crippen LogP contribution in [-0.2, 0) is 4.74 Å². The molecule has 2 rings (SSSR count). The minimum Gasteiger partial charge on any atom is -0.465 e. The van der Waals surface area contributed by atoms with Gasteiger partial charge < -0.3 is 15.4 Å². The van der Waals surface area contributed by atoms with Crippen molar-refractivity contribution in [3.63, 3.8) is 0 Å². The second-order valence-corrected chi connectivity index (χ2v) is 6.58. The molecule has 0 unspecified atom stereocenters. The van der Waals surface area contributed by atoms with Crippen molar-refractivity contribution < 1.29 is 19.1 Å². The van der Waals surface area contributed by atoms with Crippen molar-refractivity contribution in [1.29, 1.82) is 0 Å². The van der Waals surface area contributed by atoms with Gasteiger partial charge in [0.25, 0.3) is 11.8 Å². The topological polar surface area (TPSA) is 96.5 Å². The molecule has 0 heterocycles. The highest BCUT2D eigenvalue weighted by atomic mass is 32.1. The zero-order valence-corrected chi connectivity index (χ0v) is 17.1. The van der Waals surface area contributed by atoms with E-state index in [0.717, 1.165) is 12.8 Å². The summed E-state index contributed by atoms with van der Waals surface area (Å²) in [7, 11) is 1.29. The molecular weight excluding hydrogens is 390 g/mol. The summed E-state index contributed by atoms with van der Waals surface area (Å²) in [4.78, 5) is 35.9. The second kappa shape index (κ2) is 10.9. The Hall–Kier alpha value is -3.26. The number of amides is 2. The first kappa shape index (κ1) is 22.0. The van der Waals surface area contributed by atoms with E-state index in [0.29, 0.717) is 28.9 Å². The largest absolute Gasteiger partial charge is 0.465 e. The van der Waals surface area contributed by atoms with Gasteiger partial charge in [-0.15, -0.1) is 0 Å². The number of nitrogens with one attached hydrogen (secondary N) is 3. The normalized spacial score (nSPS) is 10.0. The summed E-state index contributed by atoms with van der Waals surface area (Å²) in [6, 6.07) is 12.8. The molecule has 0 aliphatic heterocycles. The number of hydrogen-bond acceptors (Lipinski definition) is 5. The molecule has 0 aliphatic rings. The molecule has 0 saturated heterocycles. The zero-order chi connectivity index (χ0) is 21.2. The molecule has 8 heteroatoms. The Labute approximate surface area is 174 Å². The van der Waals surface area contributed by atoms with Gasteiger partial charge in [-0.3, -0.25) is 14.9 Å². The number of hydrogen-bond donors (Lipinski definition) is 3. The number of anilines is 1. The SMILES string of the molecule is CCCCNC(=O)c1cccc(NC(=S)NC(=O)c2ccc(C(=O)OC)cc2)c1. The fourth-order valence-electron chi connectivity index (χ4n) is 2.43. The summed E-state index contributed by atoms with van der Waals surface area (Å²) in [5, 5.41) is 8.39. The first-order chi connectivity index (χ1) is 13.9. The molecule has 7 nitrogen and oxygen atoms in total. The van der Waals surface area contributed by atoms with Gasteiger partial charge in [-0.1, -0.05) is 19.4 Å². The molecule has 0 spiro atoms. The average molecular weight is 413 g/mol. The third-order valence-electron chi connectivity index (χ3n) is 3.99. The first-order valence-electron chi connectivity index (χ1n) is 9.13. The average Bonchev–Trinajstić information content (AvgIpc) is 2.73. The molecule has 2 aromatic rings. The molecule has 3 N–H and O–H groups in total. The summed E-state index contributed by atoms with van der Waals surface area (Å²) in [5.74, 6) is -1.07. The van der Waals surface area contributed by atoms with Crippen molar-refractivity contribution in [3.8, 4) is 0 Å². The standard InChI is InChI=1S/C21H23N3O4S/c1-3-4-12-22-18(25)16-6-5-7-17(13-16)23-21(29)24-19(26)14-8-10-15(11-9-14)20(27)28-2/h5-11,13H,3-4,12H2,1-2H3,(H,22,25)(H2,23,24,26,29). The number of thiocarbonyl (C=S) groups is 1. The maximum atomic E-state index is 12.3. The van der Waals surface area contributed by atoms with Crippen LogP contribution in [0.3, 0.4) is 0 Å². The molecule has 0 fully saturated rings. The highest BCUT2D eigenvalue weighted by Crippen LogP contribution is 2.11. The van der Waals surface area contributed by atoms with Gasteiger partial charge in [0.1, 0.15) is 0 Å². The first-order valence-corrected chi connectivity index (χ1v) is 9.54. The Morgan fingerprint density at radius 2 is 1.66 bits per heavy atom. The van der Waals surface area contributed by atoms with E-state index in [2.05, 4.69) is 27.6 Å². The van der Waals surface area contributed by atoms with E-state index in [1.54, 1.807) is 24.3 Å². The van der Waals surface area contributed by atoms with Crippen LogP contribution in [0.4, 0.5) is 5.69 Å². The lowest BCUT2D eigenvalue weighted by Crippen LogP contribution is -2.34. The third kappa shape index (κ3) is 6.69. The van der Waals surface area contributed by atoms with Crippen molar-refractivity contribution in [2.45, 2.75) is 19.8 Å². The molecule has 0 atom stereocenters. The predicted molar refractivity (Wildman–Crippen MR) is 115 cm³/mol. The van der Waals surface area contributed by atoms with Crippen LogP contribution in [0.15, 0.2) is 48.5 Å². The Kier molecular flexibility index (Phi) is 8.29. The van der Waals surface area contributed by atoms with E-state index in [4.69, 9.17) is 12.2 Å². The van der Waals surface area contributed by atoms with Crippen molar-refractivity contribution in [3.05, 3.63) is 65.2 Å². The molecule has 0 bridgehead atoms. The van der Waals surface area contributed by atoms with Crippen molar-refractivity contribution in [2.75, 3.05) is 19.0 Å². The van der Waals surface area contributed by atoms with E-state index in [1.807, 2.05) is 0 Å². The fraction of sp³-hybridized carbons (Fsp3) is 0.238. The molecule has 0 saturated carbocycles. The highest BCUT2D eigenvalue weighted by Gasteiger charge is 2.11. The summed E-state index contributed by atoms with van der Waals surface area (Å²) in [5.41, 5.74) is 1.77. The summed E-state index contributed by atoms with van der Waals surface area (Å²) < 4.78 is 4.62. The Balaban J connectivity index is 1.94. The van der Waals surface area contributed by atoms with Gasteiger partial charge >= 0.3 is 5.97 Å². The Morgan fingerprint density at radius 3 is 2.31 bits per heavy atom. The Bertz CT molecular complexity index is 897. The number of rotatable bonds is 7. The summed E-state index contributed by atoms with van der Waals surface area (Å²) in [6.07, 6.45) is 1.92. The lowest BCUT2D eigenvalue weighted by Gasteiger charge is -2.11. The zero-order valence-electron chi connectivity index (χ0n) is 16.3. The molecule has 2 amide bonds. The van der Waals surface area contributed by atoms with E-state index >= 15 is 0 Å². The lowest BCUT2D eigenvalue weighted by molar-refractivity contribution is 0.0600. The summed E-state index contributed by atoms with van der Waals surface area (Å²) in [6.45, 7) is 2.68. The van der Waals surface area contributed by atoms with Crippen LogP contribution in [0.1, 0.15) is 50.8 Å². The minimum atomic E-state index is -0.479. The maximum Gasteiger partial charge on any atom is 0.337 e. The van der Waals surface area contributed by atoms with Gasteiger partial charge in [0.15, 0.2) is 5.11 Å². The molecule has 29 heavy (non-hydrogen) atoms. The van der Waals surface area contributed by atoms with Crippen LogP contribution >= 0.6 is 12.2 Å². The third-order valence-corrected chi connectivity index (χ3v) is 4.20. The lowest BCUT2D eigenvalue weighted by atomic mass is 10.1. The van der Waals surface area contributed by atoms with Crippen molar-refractivity contribution in [1.82, 2.24) is 10.6 Å². The van der Waals surface area contributed by atoms with E-state index < -0.39 is 11.9 Å². The fourth-order valence-corrected chi connectivity index (χ4v) is 2.64. The molecule has 2 aromatic carbocycles. The predicted octanol–water partition coefficient (Wildman–Crippen LogP) is 3.13. The Morgan fingerprint density at radius 1 is 0.966 bits per heavy atom. The van der Waals surface area contributed by atoms with Gasteiger partial charge in [-0.05, 0) is 61.1 Å². The molecule has 0 aliphatic carbocycles. The van der Waals surface area contributed by atoms with Crippen LogP contribution in [-0.4, -0.2) is 36.6 Å². The minimum absolute atomic E-state index is 0.0931. The number of esters is 1. The van der Waals surface area contributed by atoms with Gasteiger partial charge in [0.2, 0.25) is 0 Å². The molecule has 0 aromatic heterocycles. The van der Waals surface area contributed by atoms with Gasteiger partial charge in [-0.2, -0.15) is 0 Å². The smallest absolute Gasteiger partial charge is 0.337 e. The number of carbonyl (C=O) groups excluding carboxylic acids is 3.